The van der Waals surface area contributed by atoms with Crippen molar-refractivity contribution in [2.75, 3.05) is 26.2 Å². The molecule has 0 N–H and O–H groups in total. The fourth-order valence-corrected chi connectivity index (χ4v) is 5.94. The molecule has 1 fully saturated rings. The predicted octanol–water partition coefficient (Wildman–Crippen LogP) is 3.32. The Morgan fingerprint density at radius 1 is 1.07 bits per heavy atom. The summed E-state index contributed by atoms with van der Waals surface area (Å²) in [6, 6.07) is 2.03. The number of benzene rings is 1. The SMILES string of the molecule is CCCc1noc(C(C)N2CCN(S(=O)(=O)c3c(C)c(C)cc(C)c3C)CC2)n1. The minimum atomic E-state index is -3.53. The molecule has 0 bridgehead atoms. The van der Waals surface area contributed by atoms with Crippen molar-refractivity contribution in [2.45, 2.75) is 65.3 Å². The van der Waals surface area contributed by atoms with Crippen LogP contribution in [0, 0.1) is 27.7 Å². The van der Waals surface area contributed by atoms with Crippen molar-refractivity contribution in [3.63, 3.8) is 0 Å². The molecular formula is C21H32N4O3S. The van der Waals surface area contributed by atoms with Crippen LogP contribution in [0.4, 0.5) is 0 Å². The maximum Gasteiger partial charge on any atom is 0.243 e. The zero-order valence-corrected chi connectivity index (χ0v) is 19.1. The summed E-state index contributed by atoms with van der Waals surface area (Å²) in [5.41, 5.74) is 3.72. The van der Waals surface area contributed by atoms with E-state index in [2.05, 4.69) is 28.0 Å². The molecule has 0 spiro atoms. The van der Waals surface area contributed by atoms with Crippen molar-refractivity contribution in [3.8, 4) is 0 Å². The van der Waals surface area contributed by atoms with Crippen molar-refractivity contribution in [2.24, 2.45) is 0 Å². The fraction of sp³-hybridized carbons (Fsp3) is 0.619. The van der Waals surface area contributed by atoms with E-state index in [0.717, 1.165) is 40.9 Å². The summed E-state index contributed by atoms with van der Waals surface area (Å²) in [5.74, 6) is 1.34. The molecule has 1 aromatic heterocycles. The Morgan fingerprint density at radius 2 is 1.66 bits per heavy atom. The molecule has 29 heavy (non-hydrogen) atoms. The summed E-state index contributed by atoms with van der Waals surface area (Å²) in [7, 11) is -3.53. The Labute approximate surface area is 174 Å². The molecule has 1 aliphatic rings. The number of hydrogen-bond acceptors (Lipinski definition) is 6. The molecule has 0 radical (unpaired) electrons. The normalized spacial score (nSPS) is 17.6. The molecule has 0 saturated carbocycles. The van der Waals surface area contributed by atoms with E-state index in [1.54, 1.807) is 4.31 Å². The van der Waals surface area contributed by atoms with E-state index in [1.807, 2.05) is 34.6 Å². The number of aromatic nitrogens is 2. The van der Waals surface area contributed by atoms with Gasteiger partial charge in [-0.25, -0.2) is 8.42 Å². The average molecular weight is 421 g/mol. The molecule has 2 aromatic rings. The van der Waals surface area contributed by atoms with Gasteiger partial charge in [0.05, 0.1) is 10.9 Å². The van der Waals surface area contributed by atoms with Crippen LogP contribution in [0.25, 0.3) is 0 Å². The van der Waals surface area contributed by atoms with E-state index < -0.39 is 10.0 Å². The highest BCUT2D eigenvalue weighted by molar-refractivity contribution is 7.89. The smallest absolute Gasteiger partial charge is 0.243 e. The Morgan fingerprint density at radius 3 is 2.21 bits per heavy atom. The molecule has 2 heterocycles. The van der Waals surface area contributed by atoms with Crippen LogP contribution in [0.3, 0.4) is 0 Å². The second kappa shape index (κ2) is 8.53. The number of hydrogen-bond donors (Lipinski definition) is 0. The third-order valence-corrected chi connectivity index (χ3v) is 8.20. The largest absolute Gasteiger partial charge is 0.338 e. The van der Waals surface area contributed by atoms with E-state index >= 15 is 0 Å². The first-order valence-corrected chi connectivity index (χ1v) is 11.7. The first kappa shape index (κ1) is 21.9. The molecule has 160 valence electrons. The second-order valence-electron chi connectivity index (χ2n) is 8.00. The van der Waals surface area contributed by atoms with Gasteiger partial charge >= 0.3 is 0 Å². The lowest BCUT2D eigenvalue weighted by Crippen LogP contribution is -2.49. The van der Waals surface area contributed by atoms with Gasteiger partial charge in [0.15, 0.2) is 5.82 Å². The standard InChI is InChI=1S/C21H32N4O3S/c1-7-8-19-22-21(28-23-19)18(6)24-9-11-25(12-10-24)29(26,27)20-16(4)14(2)13-15(3)17(20)5/h13,18H,7-12H2,1-6H3. The summed E-state index contributed by atoms with van der Waals surface area (Å²) in [5, 5.41) is 4.03. The highest BCUT2D eigenvalue weighted by atomic mass is 32.2. The second-order valence-corrected chi connectivity index (χ2v) is 9.88. The lowest BCUT2D eigenvalue weighted by molar-refractivity contribution is 0.124. The molecule has 0 amide bonds. The van der Waals surface area contributed by atoms with E-state index in [9.17, 15) is 8.42 Å². The minimum Gasteiger partial charge on any atom is -0.338 e. The predicted molar refractivity (Wildman–Crippen MR) is 112 cm³/mol. The molecular weight excluding hydrogens is 388 g/mol. The first-order valence-electron chi connectivity index (χ1n) is 10.3. The summed E-state index contributed by atoms with van der Waals surface area (Å²) < 4.78 is 33.9. The number of piperazine rings is 1. The summed E-state index contributed by atoms with van der Waals surface area (Å²) in [6.45, 7) is 14.0. The summed E-state index contributed by atoms with van der Waals surface area (Å²) in [6.07, 6.45) is 1.78. The molecule has 0 aliphatic carbocycles. The Balaban J connectivity index is 1.75. The minimum absolute atomic E-state index is 0.0253. The Kier molecular flexibility index (Phi) is 6.45. The molecule has 8 heteroatoms. The van der Waals surface area contributed by atoms with Gasteiger partial charge in [-0.15, -0.1) is 0 Å². The van der Waals surface area contributed by atoms with Gasteiger partial charge in [-0.05, 0) is 63.3 Å². The summed E-state index contributed by atoms with van der Waals surface area (Å²) in [4.78, 5) is 7.16. The van der Waals surface area contributed by atoms with Gasteiger partial charge in [0.1, 0.15) is 0 Å². The van der Waals surface area contributed by atoms with E-state index in [1.165, 1.54) is 0 Å². The third-order valence-electron chi connectivity index (χ3n) is 6.03. The zero-order chi connectivity index (χ0) is 21.3. The van der Waals surface area contributed by atoms with Crippen LogP contribution >= 0.6 is 0 Å². The van der Waals surface area contributed by atoms with Crippen LogP contribution in [0.1, 0.15) is 60.3 Å². The zero-order valence-electron chi connectivity index (χ0n) is 18.3. The topological polar surface area (TPSA) is 79.5 Å². The van der Waals surface area contributed by atoms with Gasteiger partial charge in [0.2, 0.25) is 15.9 Å². The van der Waals surface area contributed by atoms with Crippen LogP contribution in [-0.2, 0) is 16.4 Å². The van der Waals surface area contributed by atoms with E-state index in [0.29, 0.717) is 37.0 Å². The average Bonchev–Trinajstić information content (AvgIpc) is 3.15. The van der Waals surface area contributed by atoms with Crippen molar-refractivity contribution in [1.82, 2.24) is 19.3 Å². The molecule has 3 rings (SSSR count). The van der Waals surface area contributed by atoms with Gasteiger partial charge in [-0.2, -0.15) is 9.29 Å². The summed E-state index contributed by atoms with van der Waals surface area (Å²) >= 11 is 0. The molecule has 1 aromatic carbocycles. The van der Waals surface area contributed by atoms with Gasteiger partial charge < -0.3 is 4.52 Å². The van der Waals surface area contributed by atoms with Crippen LogP contribution in [0.5, 0.6) is 0 Å². The number of rotatable bonds is 6. The molecule has 1 unspecified atom stereocenters. The molecule has 1 saturated heterocycles. The van der Waals surface area contributed by atoms with Gasteiger partial charge in [-0.3, -0.25) is 4.90 Å². The Bertz CT molecular complexity index is 950. The third kappa shape index (κ3) is 4.25. The molecule has 7 nitrogen and oxygen atoms in total. The number of aryl methyl sites for hydroxylation is 3. The van der Waals surface area contributed by atoms with Crippen molar-refractivity contribution in [3.05, 3.63) is 40.0 Å². The van der Waals surface area contributed by atoms with Gasteiger partial charge in [0.25, 0.3) is 0 Å². The lowest BCUT2D eigenvalue weighted by Gasteiger charge is -2.36. The van der Waals surface area contributed by atoms with Crippen molar-refractivity contribution >= 4 is 10.0 Å². The lowest BCUT2D eigenvalue weighted by atomic mass is 10.0. The van der Waals surface area contributed by atoms with Crippen LogP contribution < -0.4 is 0 Å². The first-order chi connectivity index (χ1) is 13.7. The van der Waals surface area contributed by atoms with E-state index in [-0.39, 0.29) is 6.04 Å². The maximum absolute atomic E-state index is 13.4. The number of nitrogens with zero attached hydrogens (tertiary/aromatic N) is 4. The van der Waals surface area contributed by atoms with Crippen LogP contribution in [0.2, 0.25) is 0 Å². The van der Waals surface area contributed by atoms with E-state index in [4.69, 9.17) is 4.52 Å². The quantitative estimate of drug-likeness (QED) is 0.713. The highest BCUT2D eigenvalue weighted by Crippen LogP contribution is 2.30. The van der Waals surface area contributed by atoms with Crippen LogP contribution in [0.15, 0.2) is 15.5 Å². The maximum atomic E-state index is 13.4. The monoisotopic (exact) mass is 420 g/mol. The Hall–Kier alpha value is -1.77. The van der Waals surface area contributed by atoms with Gasteiger partial charge in [0, 0.05) is 32.6 Å². The van der Waals surface area contributed by atoms with Gasteiger partial charge in [-0.1, -0.05) is 18.1 Å². The highest BCUT2D eigenvalue weighted by Gasteiger charge is 2.34. The molecule has 1 aliphatic heterocycles. The fourth-order valence-electron chi connectivity index (χ4n) is 3.95. The van der Waals surface area contributed by atoms with Crippen molar-refractivity contribution in [1.29, 1.82) is 0 Å². The van der Waals surface area contributed by atoms with Crippen LogP contribution in [-0.4, -0.2) is 53.9 Å². The molecule has 1 atom stereocenters. The number of sulfonamides is 1. The van der Waals surface area contributed by atoms with Crippen molar-refractivity contribution < 1.29 is 12.9 Å².